The lowest BCUT2D eigenvalue weighted by atomic mass is 9.97. The van der Waals surface area contributed by atoms with Gasteiger partial charge in [-0.2, -0.15) is 0 Å². The van der Waals surface area contributed by atoms with E-state index in [0.717, 1.165) is 19.8 Å². The fourth-order valence-corrected chi connectivity index (χ4v) is 4.43. The van der Waals surface area contributed by atoms with E-state index in [0.29, 0.717) is 12.8 Å². The number of carboxylic acids is 1. The first-order valence-corrected chi connectivity index (χ1v) is 8.22. The molecule has 20 heavy (non-hydrogen) atoms. The van der Waals surface area contributed by atoms with Gasteiger partial charge in [-0.25, -0.2) is 13.2 Å². The van der Waals surface area contributed by atoms with Crippen LogP contribution in [0, 0.1) is 0 Å². The van der Waals surface area contributed by atoms with E-state index in [1.165, 1.54) is 7.11 Å². The van der Waals surface area contributed by atoms with Gasteiger partial charge in [0.2, 0.25) is 5.91 Å². The van der Waals surface area contributed by atoms with E-state index in [-0.39, 0.29) is 6.10 Å². The summed E-state index contributed by atoms with van der Waals surface area (Å²) in [6.45, 7) is 1.16. The molecule has 0 aliphatic heterocycles. The van der Waals surface area contributed by atoms with Crippen LogP contribution in [0.2, 0.25) is 0 Å². The van der Waals surface area contributed by atoms with E-state index in [2.05, 4.69) is 5.32 Å². The predicted octanol–water partition coefficient (Wildman–Crippen LogP) is -0.0519. The van der Waals surface area contributed by atoms with Gasteiger partial charge in [-0.1, -0.05) is 0 Å². The SMILES string of the molecule is COC1CCCC(S(=O)(=O)CC(NC(C)=O)C(=O)O)C1. The van der Waals surface area contributed by atoms with Crippen LogP contribution in [0.15, 0.2) is 0 Å². The molecular weight excluding hydrogens is 286 g/mol. The van der Waals surface area contributed by atoms with Gasteiger partial charge in [-0.15, -0.1) is 0 Å². The lowest BCUT2D eigenvalue weighted by Crippen LogP contribution is -2.47. The topological polar surface area (TPSA) is 110 Å². The smallest absolute Gasteiger partial charge is 0.327 e. The number of carboxylic acid groups (broad SMARTS) is 1. The lowest BCUT2D eigenvalue weighted by Gasteiger charge is -2.28. The summed E-state index contributed by atoms with van der Waals surface area (Å²) in [7, 11) is -2.05. The van der Waals surface area contributed by atoms with Gasteiger partial charge in [0.05, 0.1) is 17.1 Å². The molecule has 3 atom stereocenters. The van der Waals surface area contributed by atoms with Gasteiger partial charge in [-0.3, -0.25) is 4.79 Å². The molecule has 1 amide bonds. The molecule has 1 rings (SSSR count). The fourth-order valence-electron chi connectivity index (χ4n) is 2.43. The number of sulfone groups is 1. The van der Waals surface area contributed by atoms with Crippen LogP contribution >= 0.6 is 0 Å². The monoisotopic (exact) mass is 307 g/mol. The fraction of sp³-hybridized carbons (Fsp3) is 0.833. The highest BCUT2D eigenvalue weighted by molar-refractivity contribution is 7.92. The highest BCUT2D eigenvalue weighted by Crippen LogP contribution is 2.26. The Kier molecular flexibility index (Phi) is 5.94. The number of nitrogens with one attached hydrogen (secondary N) is 1. The van der Waals surface area contributed by atoms with Crippen molar-refractivity contribution in [2.75, 3.05) is 12.9 Å². The average Bonchev–Trinajstić information content (AvgIpc) is 2.37. The van der Waals surface area contributed by atoms with Crippen molar-refractivity contribution < 1.29 is 27.9 Å². The third-order valence-electron chi connectivity index (χ3n) is 3.49. The Bertz CT molecular complexity index is 461. The first-order valence-electron chi connectivity index (χ1n) is 6.50. The molecule has 1 fully saturated rings. The quantitative estimate of drug-likeness (QED) is 0.712. The number of aliphatic carboxylic acids is 1. The molecule has 1 aliphatic rings. The predicted molar refractivity (Wildman–Crippen MR) is 72.1 cm³/mol. The Morgan fingerprint density at radius 1 is 1.40 bits per heavy atom. The van der Waals surface area contributed by atoms with Crippen LogP contribution in [0.1, 0.15) is 32.6 Å². The molecule has 8 heteroatoms. The first kappa shape index (κ1) is 16.9. The average molecular weight is 307 g/mol. The molecule has 0 saturated heterocycles. The minimum atomic E-state index is -3.59. The summed E-state index contributed by atoms with van der Waals surface area (Å²) in [5.74, 6) is -2.49. The first-order chi connectivity index (χ1) is 9.26. The summed E-state index contributed by atoms with van der Waals surface area (Å²) in [6, 6.07) is -1.40. The van der Waals surface area contributed by atoms with Gasteiger partial charge in [0.1, 0.15) is 6.04 Å². The minimum absolute atomic E-state index is 0.104. The molecule has 2 N–H and O–H groups in total. The van der Waals surface area contributed by atoms with Crippen molar-refractivity contribution in [1.82, 2.24) is 5.32 Å². The summed E-state index contributed by atoms with van der Waals surface area (Å²) in [5.41, 5.74) is 0. The summed E-state index contributed by atoms with van der Waals surface area (Å²) < 4.78 is 29.7. The molecule has 3 unspecified atom stereocenters. The van der Waals surface area contributed by atoms with Crippen LogP contribution in [0.3, 0.4) is 0 Å². The molecule has 116 valence electrons. The highest BCUT2D eigenvalue weighted by atomic mass is 32.2. The standard InChI is InChI=1S/C12H21NO6S/c1-8(14)13-11(12(15)16)7-20(17,18)10-5-3-4-9(6-10)19-2/h9-11H,3-7H2,1-2H3,(H,13,14)(H,15,16). The summed E-state index contributed by atoms with van der Waals surface area (Å²) >= 11 is 0. The van der Waals surface area contributed by atoms with Crippen molar-refractivity contribution >= 4 is 21.7 Å². The van der Waals surface area contributed by atoms with E-state index in [1.54, 1.807) is 0 Å². The Hall–Kier alpha value is -1.15. The molecule has 0 radical (unpaired) electrons. The van der Waals surface area contributed by atoms with E-state index >= 15 is 0 Å². The zero-order chi connectivity index (χ0) is 15.3. The maximum Gasteiger partial charge on any atom is 0.327 e. The number of carbonyl (C=O) groups excluding carboxylic acids is 1. The second kappa shape index (κ2) is 7.03. The number of hydrogen-bond acceptors (Lipinski definition) is 5. The Labute approximate surface area is 118 Å². The lowest BCUT2D eigenvalue weighted by molar-refractivity contribution is -0.140. The van der Waals surface area contributed by atoms with Crippen LogP contribution < -0.4 is 5.32 Å². The number of ether oxygens (including phenoxy) is 1. The molecule has 0 bridgehead atoms. The van der Waals surface area contributed by atoms with Crippen molar-refractivity contribution in [2.45, 2.75) is 50.0 Å². The van der Waals surface area contributed by atoms with Crippen LogP contribution in [0.25, 0.3) is 0 Å². The molecule has 0 heterocycles. The number of rotatable bonds is 6. The summed E-state index contributed by atoms with van der Waals surface area (Å²) in [4.78, 5) is 21.9. The van der Waals surface area contributed by atoms with E-state index < -0.39 is 38.8 Å². The second-order valence-electron chi connectivity index (χ2n) is 5.07. The van der Waals surface area contributed by atoms with Crippen molar-refractivity contribution in [2.24, 2.45) is 0 Å². The minimum Gasteiger partial charge on any atom is -0.480 e. The van der Waals surface area contributed by atoms with Gasteiger partial charge in [0.15, 0.2) is 9.84 Å². The van der Waals surface area contributed by atoms with Crippen molar-refractivity contribution in [1.29, 1.82) is 0 Å². The Balaban J connectivity index is 2.76. The summed E-state index contributed by atoms with van der Waals surface area (Å²) in [6.07, 6.45) is 2.34. The Morgan fingerprint density at radius 2 is 2.05 bits per heavy atom. The van der Waals surface area contributed by atoms with E-state index in [1.807, 2.05) is 0 Å². The van der Waals surface area contributed by atoms with Gasteiger partial charge in [0, 0.05) is 14.0 Å². The molecule has 1 saturated carbocycles. The van der Waals surface area contributed by atoms with Crippen LogP contribution in [0.5, 0.6) is 0 Å². The maximum atomic E-state index is 12.3. The van der Waals surface area contributed by atoms with Crippen LogP contribution in [0.4, 0.5) is 0 Å². The normalized spacial score (nSPS) is 24.9. The molecule has 0 aromatic rings. The van der Waals surface area contributed by atoms with Crippen molar-refractivity contribution in [3.63, 3.8) is 0 Å². The van der Waals surface area contributed by atoms with Crippen LogP contribution in [-0.2, 0) is 24.2 Å². The maximum absolute atomic E-state index is 12.3. The Morgan fingerprint density at radius 3 is 2.55 bits per heavy atom. The number of methoxy groups -OCH3 is 1. The van der Waals surface area contributed by atoms with Crippen molar-refractivity contribution in [3.05, 3.63) is 0 Å². The van der Waals surface area contributed by atoms with Crippen molar-refractivity contribution in [3.8, 4) is 0 Å². The number of hydrogen-bond donors (Lipinski definition) is 2. The number of amides is 1. The third kappa shape index (κ3) is 4.75. The third-order valence-corrected chi connectivity index (χ3v) is 5.74. The molecule has 0 aromatic carbocycles. The molecule has 0 spiro atoms. The molecule has 1 aliphatic carbocycles. The zero-order valence-corrected chi connectivity index (χ0v) is 12.5. The van der Waals surface area contributed by atoms with Gasteiger partial charge in [0.25, 0.3) is 0 Å². The molecule has 7 nitrogen and oxygen atoms in total. The number of carbonyl (C=O) groups is 2. The van der Waals surface area contributed by atoms with E-state index in [4.69, 9.17) is 9.84 Å². The zero-order valence-electron chi connectivity index (χ0n) is 11.7. The van der Waals surface area contributed by atoms with E-state index in [9.17, 15) is 18.0 Å². The largest absolute Gasteiger partial charge is 0.480 e. The summed E-state index contributed by atoms with van der Waals surface area (Å²) in [5, 5.41) is 10.5. The van der Waals surface area contributed by atoms with Gasteiger partial charge < -0.3 is 15.2 Å². The molecular formula is C12H21NO6S. The second-order valence-corrected chi connectivity index (χ2v) is 7.39. The highest BCUT2D eigenvalue weighted by Gasteiger charge is 2.35. The van der Waals surface area contributed by atoms with Gasteiger partial charge in [-0.05, 0) is 25.7 Å². The van der Waals surface area contributed by atoms with Crippen LogP contribution in [-0.4, -0.2) is 55.7 Å². The van der Waals surface area contributed by atoms with Gasteiger partial charge >= 0.3 is 5.97 Å². The molecule has 0 aromatic heterocycles.